The van der Waals surface area contributed by atoms with Crippen LogP contribution in [-0.2, 0) is 9.47 Å². The molecule has 1 aliphatic rings. The van der Waals surface area contributed by atoms with Crippen LogP contribution in [0.15, 0.2) is 42.5 Å². The predicted molar refractivity (Wildman–Crippen MR) is 95.9 cm³/mol. The fourth-order valence-electron chi connectivity index (χ4n) is 2.91. The van der Waals surface area contributed by atoms with Crippen molar-refractivity contribution in [3.63, 3.8) is 0 Å². The molecule has 1 N–H and O–H groups in total. The quantitative estimate of drug-likeness (QED) is 0.877. The maximum absolute atomic E-state index is 9.87. The molecule has 1 heterocycles. The highest BCUT2D eigenvalue weighted by Crippen LogP contribution is 2.39. The van der Waals surface area contributed by atoms with Crippen LogP contribution in [0.4, 0.5) is 0 Å². The van der Waals surface area contributed by atoms with Crippen molar-refractivity contribution in [2.45, 2.75) is 31.8 Å². The van der Waals surface area contributed by atoms with E-state index in [0.717, 1.165) is 5.56 Å². The second-order valence-corrected chi connectivity index (χ2v) is 6.49. The molecule has 140 valence electrons. The number of methoxy groups -OCH3 is 2. The van der Waals surface area contributed by atoms with Gasteiger partial charge in [0.2, 0.25) is 0 Å². The monoisotopic (exact) mass is 360 g/mol. The maximum atomic E-state index is 9.87. The zero-order chi connectivity index (χ0) is 18.7. The summed E-state index contributed by atoms with van der Waals surface area (Å²) < 4.78 is 28.7. The molecule has 1 aliphatic heterocycles. The summed E-state index contributed by atoms with van der Waals surface area (Å²) in [7, 11) is 3.11. The number of hydrogen-bond donors (Lipinski definition) is 1. The van der Waals surface area contributed by atoms with Crippen molar-refractivity contribution in [3.05, 3.63) is 48.0 Å². The number of hydrogen-bond acceptors (Lipinski definition) is 6. The molecule has 2 aromatic carbocycles. The van der Waals surface area contributed by atoms with Crippen LogP contribution in [0.1, 0.15) is 25.5 Å². The molecule has 0 radical (unpaired) electrons. The van der Waals surface area contributed by atoms with Gasteiger partial charge in [0.25, 0.3) is 0 Å². The van der Waals surface area contributed by atoms with Gasteiger partial charge in [0.1, 0.15) is 6.10 Å². The Bertz CT molecular complexity index is 758. The van der Waals surface area contributed by atoms with E-state index in [9.17, 15) is 5.11 Å². The Labute approximate surface area is 153 Å². The lowest BCUT2D eigenvalue weighted by Gasteiger charge is -2.41. The molecule has 6 nitrogen and oxygen atoms in total. The van der Waals surface area contributed by atoms with Crippen LogP contribution in [0.5, 0.6) is 23.0 Å². The minimum atomic E-state index is -0.754. The lowest BCUT2D eigenvalue weighted by atomic mass is 10.0. The summed E-state index contributed by atoms with van der Waals surface area (Å²) in [6, 6.07) is 12.6. The van der Waals surface area contributed by atoms with E-state index in [2.05, 4.69) is 0 Å². The van der Waals surface area contributed by atoms with E-state index >= 15 is 0 Å². The number of aromatic hydroxyl groups is 1. The van der Waals surface area contributed by atoms with Gasteiger partial charge in [-0.15, -0.1) is 0 Å². The van der Waals surface area contributed by atoms with E-state index in [1.807, 2.05) is 38.1 Å². The summed E-state index contributed by atoms with van der Waals surface area (Å²) in [6.45, 7) is 4.06. The third kappa shape index (κ3) is 3.86. The van der Waals surface area contributed by atoms with Crippen LogP contribution in [0.25, 0.3) is 0 Å². The highest BCUT2D eigenvalue weighted by Gasteiger charge is 2.39. The highest BCUT2D eigenvalue weighted by molar-refractivity contribution is 5.43. The fourth-order valence-corrected chi connectivity index (χ4v) is 2.91. The zero-order valence-corrected chi connectivity index (χ0v) is 15.4. The normalized spacial score (nSPS) is 21.8. The van der Waals surface area contributed by atoms with Gasteiger partial charge in [0.15, 0.2) is 34.9 Å². The number of phenolic OH excluding ortho intramolecular Hbond substituents is 1. The Morgan fingerprint density at radius 2 is 1.69 bits per heavy atom. The largest absolute Gasteiger partial charge is 0.504 e. The third-order valence-electron chi connectivity index (χ3n) is 4.22. The number of para-hydroxylation sites is 2. The van der Waals surface area contributed by atoms with Crippen molar-refractivity contribution in [2.75, 3.05) is 20.8 Å². The first-order chi connectivity index (χ1) is 12.4. The lowest BCUT2D eigenvalue weighted by Crippen LogP contribution is -2.46. The average Bonchev–Trinajstić information content (AvgIpc) is 2.64. The molecular formula is C20H24O6. The van der Waals surface area contributed by atoms with Crippen molar-refractivity contribution >= 4 is 0 Å². The van der Waals surface area contributed by atoms with Gasteiger partial charge in [-0.3, -0.25) is 0 Å². The number of ether oxygens (including phenoxy) is 5. The Kier molecular flexibility index (Phi) is 5.25. The average molecular weight is 360 g/mol. The SMILES string of the molecule is COc1cc(C2OC(C)(C)OCC2Oc2ccccc2OC)ccc1O. The maximum Gasteiger partial charge on any atom is 0.163 e. The van der Waals surface area contributed by atoms with E-state index in [4.69, 9.17) is 23.7 Å². The topological polar surface area (TPSA) is 66.4 Å². The van der Waals surface area contributed by atoms with Crippen LogP contribution < -0.4 is 14.2 Å². The summed E-state index contributed by atoms with van der Waals surface area (Å²) in [5, 5.41) is 9.87. The van der Waals surface area contributed by atoms with Crippen molar-refractivity contribution < 1.29 is 28.8 Å². The Morgan fingerprint density at radius 3 is 2.38 bits per heavy atom. The van der Waals surface area contributed by atoms with Gasteiger partial charge in [-0.05, 0) is 43.7 Å². The number of benzene rings is 2. The van der Waals surface area contributed by atoms with E-state index < -0.39 is 18.0 Å². The number of phenols is 1. The summed E-state index contributed by atoms with van der Waals surface area (Å²) >= 11 is 0. The summed E-state index contributed by atoms with van der Waals surface area (Å²) in [6.07, 6.45) is -0.799. The molecule has 1 saturated heterocycles. The molecule has 0 aliphatic carbocycles. The van der Waals surface area contributed by atoms with Gasteiger partial charge in [0.05, 0.1) is 20.8 Å². The molecule has 6 heteroatoms. The first kappa shape index (κ1) is 18.4. The van der Waals surface area contributed by atoms with Crippen molar-refractivity contribution in [1.29, 1.82) is 0 Å². The number of rotatable bonds is 5. The molecule has 1 fully saturated rings. The van der Waals surface area contributed by atoms with Gasteiger partial charge >= 0.3 is 0 Å². The molecule has 0 bridgehead atoms. The van der Waals surface area contributed by atoms with Crippen LogP contribution in [-0.4, -0.2) is 37.8 Å². The minimum absolute atomic E-state index is 0.0739. The van der Waals surface area contributed by atoms with Crippen molar-refractivity contribution in [1.82, 2.24) is 0 Å². The molecule has 0 saturated carbocycles. The fraction of sp³-hybridized carbons (Fsp3) is 0.400. The Balaban J connectivity index is 1.92. The molecular weight excluding hydrogens is 336 g/mol. The zero-order valence-electron chi connectivity index (χ0n) is 15.4. The molecule has 0 spiro atoms. The first-order valence-corrected chi connectivity index (χ1v) is 8.42. The summed E-state index contributed by atoms with van der Waals surface area (Å²) in [5.74, 6) is 0.953. The van der Waals surface area contributed by atoms with Gasteiger partial charge in [-0.2, -0.15) is 0 Å². The lowest BCUT2D eigenvalue weighted by molar-refractivity contribution is -0.302. The molecule has 26 heavy (non-hydrogen) atoms. The van der Waals surface area contributed by atoms with Crippen molar-refractivity contribution in [3.8, 4) is 23.0 Å². The second-order valence-electron chi connectivity index (χ2n) is 6.49. The molecule has 3 rings (SSSR count). The van der Waals surface area contributed by atoms with E-state index in [-0.39, 0.29) is 5.75 Å². The second kappa shape index (κ2) is 7.43. The molecule has 2 unspecified atom stereocenters. The third-order valence-corrected chi connectivity index (χ3v) is 4.22. The summed E-state index contributed by atoms with van der Waals surface area (Å²) in [5.41, 5.74) is 0.830. The van der Waals surface area contributed by atoms with E-state index in [1.54, 1.807) is 25.3 Å². The van der Waals surface area contributed by atoms with Crippen molar-refractivity contribution in [2.24, 2.45) is 0 Å². The van der Waals surface area contributed by atoms with Gasteiger partial charge in [-0.1, -0.05) is 18.2 Å². The van der Waals surface area contributed by atoms with Crippen LogP contribution >= 0.6 is 0 Å². The van der Waals surface area contributed by atoms with E-state index in [0.29, 0.717) is 23.9 Å². The van der Waals surface area contributed by atoms with Gasteiger partial charge in [0, 0.05) is 0 Å². The molecule has 2 atom stereocenters. The van der Waals surface area contributed by atoms with Gasteiger partial charge in [-0.25, -0.2) is 0 Å². The van der Waals surface area contributed by atoms with Crippen LogP contribution in [0, 0.1) is 0 Å². The standard InChI is InChI=1S/C20H24O6/c1-20(2)24-12-18(25-16-8-6-5-7-15(16)22-3)19(26-20)13-9-10-14(21)17(11-13)23-4/h5-11,18-19,21H,12H2,1-4H3. The summed E-state index contributed by atoms with van der Waals surface area (Å²) in [4.78, 5) is 0. The minimum Gasteiger partial charge on any atom is -0.504 e. The molecule has 2 aromatic rings. The van der Waals surface area contributed by atoms with Crippen LogP contribution in [0.2, 0.25) is 0 Å². The Hall–Kier alpha value is -2.44. The highest BCUT2D eigenvalue weighted by atomic mass is 16.7. The van der Waals surface area contributed by atoms with E-state index in [1.165, 1.54) is 7.11 Å². The molecule has 0 aromatic heterocycles. The smallest absolute Gasteiger partial charge is 0.163 e. The Morgan fingerprint density at radius 1 is 1.00 bits per heavy atom. The van der Waals surface area contributed by atoms with Gasteiger partial charge < -0.3 is 28.8 Å². The van der Waals surface area contributed by atoms with Crippen LogP contribution in [0.3, 0.4) is 0 Å². The first-order valence-electron chi connectivity index (χ1n) is 8.42. The molecule has 0 amide bonds. The predicted octanol–water partition coefficient (Wildman–Crippen LogP) is 3.68.